The fraction of sp³-hybridized carbons (Fsp3) is 0.364. The van der Waals surface area contributed by atoms with E-state index in [0.29, 0.717) is 0 Å². The zero-order chi connectivity index (χ0) is 14.0. The van der Waals surface area contributed by atoms with Crippen LogP contribution in [0.1, 0.15) is 13.3 Å². The lowest BCUT2D eigenvalue weighted by Gasteiger charge is -2.26. The first-order chi connectivity index (χ1) is 8.32. The molecule has 0 amide bonds. The Bertz CT molecular complexity index is 480. The van der Waals surface area contributed by atoms with Crippen molar-refractivity contribution in [3.05, 3.63) is 29.1 Å². The minimum Gasteiger partial charge on any atom is -0.366 e. The number of anilines is 1. The first-order valence-electron chi connectivity index (χ1n) is 4.94. The third-order valence-corrected chi connectivity index (χ3v) is 2.59. The van der Waals surface area contributed by atoms with E-state index in [1.165, 1.54) is 6.92 Å². The van der Waals surface area contributed by atoms with Crippen LogP contribution in [0.25, 0.3) is 0 Å². The molecule has 18 heavy (non-hydrogen) atoms. The second kappa shape index (κ2) is 5.21. The predicted octanol–water partition coefficient (Wildman–Crippen LogP) is 3.12. The van der Waals surface area contributed by atoms with Gasteiger partial charge < -0.3 is 4.90 Å². The number of rotatable bonds is 3. The van der Waals surface area contributed by atoms with Crippen LogP contribution in [0.3, 0.4) is 0 Å². The SMILES string of the molecule is CC(CC#N)N(C)c1c(F)c(F)c(F)c(F)c1F. The van der Waals surface area contributed by atoms with Crippen molar-refractivity contribution < 1.29 is 22.0 Å². The van der Waals surface area contributed by atoms with Crippen LogP contribution >= 0.6 is 0 Å². The van der Waals surface area contributed by atoms with Gasteiger partial charge in [0.15, 0.2) is 23.3 Å². The highest BCUT2D eigenvalue weighted by atomic mass is 19.2. The average molecular weight is 264 g/mol. The Morgan fingerprint density at radius 1 is 1.00 bits per heavy atom. The number of hydrogen-bond donors (Lipinski definition) is 0. The molecule has 2 nitrogen and oxygen atoms in total. The molecule has 1 aromatic rings. The summed E-state index contributed by atoms with van der Waals surface area (Å²) in [5.74, 6) is -10.0. The Labute approximate surface area is 100 Å². The number of nitrogens with zero attached hydrogens (tertiary/aromatic N) is 2. The molecular weight excluding hydrogens is 255 g/mol. The summed E-state index contributed by atoms with van der Waals surface area (Å²) in [6.07, 6.45) is -0.115. The summed E-state index contributed by atoms with van der Waals surface area (Å²) >= 11 is 0. The molecule has 0 bridgehead atoms. The molecule has 0 aliphatic heterocycles. The lowest BCUT2D eigenvalue weighted by molar-refractivity contribution is 0.377. The van der Waals surface area contributed by atoms with E-state index >= 15 is 0 Å². The lowest BCUT2D eigenvalue weighted by atomic mass is 10.1. The van der Waals surface area contributed by atoms with Gasteiger partial charge >= 0.3 is 0 Å². The van der Waals surface area contributed by atoms with E-state index in [1.807, 2.05) is 0 Å². The van der Waals surface area contributed by atoms with Gasteiger partial charge in [0.2, 0.25) is 5.82 Å². The largest absolute Gasteiger partial charge is 0.366 e. The molecule has 7 heteroatoms. The number of halogens is 5. The summed E-state index contributed by atoms with van der Waals surface area (Å²) in [5, 5.41) is 8.45. The Morgan fingerprint density at radius 3 is 1.78 bits per heavy atom. The van der Waals surface area contributed by atoms with Crippen molar-refractivity contribution in [2.24, 2.45) is 0 Å². The van der Waals surface area contributed by atoms with Gasteiger partial charge in [-0.05, 0) is 6.92 Å². The lowest BCUT2D eigenvalue weighted by Crippen LogP contribution is -2.31. The standard InChI is InChI=1S/C11H9F5N2/c1-5(3-4-17)18(2)11-9(15)7(13)6(12)8(14)10(11)16/h5H,3H2,1-2H3. The van der Waals surface area contributed by atoms with Crippen LogP contribution in [0.5, 0.6) is 0 Å². The van der Waals surface area contributed by atoms with Crippen molar-refractivity contribution in [1.82, 2.24) is 0 Å². The van der Waals surface area contributed by atoms with Gasteiger partial charge in [0.1, 0.15) is 5.69 Å². The molecule has 1 atom stereocenters. The minimum absolute atomic E-state index is 0.115. The fourth-order valence-corrected chi connectivity index (χ4v) is 1.39. The fourth-order valence-electron chi connectivity index (χ4n) is 1.39. The van der Waals surface area contributed by atoms with E-state index in [1.54, 1.807) is 6.07 Å². The van der Waals surface area contributed by atoms with E-state index in [4.69, 9.17) is 5.26 Å². The second-order valence-corrected chi connectivity index (χ2v) is 3.74. The highest BCUT2D eigenvalue weighted by Crippen LogP contribution is 2.30. The molecule has 98 valence electrons. The molecule has 0 spiro atoms. The summed E-state index contributed by atoms with van der Waals surface area (Å²) in [6.45, 7) is 1.43. The minimum atomic E-state index is -2.20. The first-order valence-corrected chi connectivity index (χ1v) is 4.94. The van der Waals surface area contributed by atoms with Gasteiger partial charge in [-0.2, -0.15) is 5.26 Å². The van der Waals surface area contributed by atoms with Crippen LogP contribution in [0.4, 0.5) is 27.6 Å². The third-order valence-electron chi connectivity index (χ3n) is 2.59. The maximum atomic E-state index is 13.4. The van der Waals surface area contributed by atoms with Gasteiger partial charge in [-0.1, -0.05) is 0 Å². The molecule has 1 aromatic carbocycles. The zero-order valence-corrected chi connectivity index (χ0v) is 9.57. The van der Waals surface area contributed by atoms with Crippen molar-refractivity contribution in [2.75, 3.05) is 11.9 Å². The van der Waals surface area contributed by atoms with Crippen molar-refractivity contribution in [2.45, 2.75) is 19.4 Å². The normalized spacial score (nSPS) is 12.1. The Balaban J connectivity index is 3.38. The van der Waals surface area contributed by atoms with Gasteiger partial charge in [-0.25, -0.2) is 22.0 Å². The first kappa shape index (κ1) is 14.2. The molecule has 1 unspecified atom stereocenters. The van der Waals surface area contributed by atoms with Crippen molar-refractivity contribution in [3.63, 3.8) is 0 Å². The quantitative estimate of drug-likeness (QED) is 0.476. The van der Waals surface area contributed by atoms with Crippen LogP contribution in [-0.2, 0) is 0 Å². The molecule has 0 aliphatic carbocycles. The topological polar surface area (TPSA) is 27.0 Å². The predicted molar refractivity (Wildman–Crippen MR) is 54.3 cm³/mol. The van der Waals surface area contributed by atoms with E-state index in [-0.39, 0.29) is 6.42 Å². The molecule has 0 radical (unpaired) electrons. The highest BCUT2D eigenvalue weighted by Gasteiger charge is 2.29. The van der Waals surface area contributed by atoms with Gasteiger partial charge in [0, 0.05) is 13.1 Å². The summed E-state index contributed by atoms with van der Waals surface area (Å²) < 4.78 is 65.5. The van der Waals surface area contributed by atoms with Crippen molar-refractivity contribution >= 4 is 5.69 Å². The van der Waals surface area contributed by atoms with Crippen molar-refractivity contribution in [1.29, 1.82) is 5.26 Å². The average Bonchev–Trinajstić information content (AvgIpc) is 2.34. The monoisotopic (exact) mass is 264 g/mol. The van der Waals surface area contributed by atoms with E-state index < -0.39 is 40.8 Å². The summed E-state index contributed by atoms with van der Waals surface area (Å²) in [6, 6.07) is 1.06. The molecule has 0 fully saturated rings. The van der Waals surface area contributed by atoms with Crippen LogP contribution in [0.2, 0.25) is 0 Å². The summed E-state index contributed by atoms with van der Waals surface area (Å²) in [4.78, 5) is 0.847. The van der Waals surface area contributed by atoms with Gasteiger partial charge in [-0.3, -0.25) is 0 Å². The second-order valence-electron chi connectivity index (χ2n) is 3.74. The molecule has 0 aromatic heterocycles. The summed E-state index contributed by atoms with van der Waals surface area (Å²) in [7, 11) is 1.15. The molecule has 0 aliphatic rings. The Kier molecular flexibility index (Phi) is 4.11. The van der Waals surface area contributed by atoms with E-state index in [0.717, 1.165) is 11.9 Å². The molecule has 0 saturated heterocycles. The highest BCUT2D eigenvalue weighted by molar-refractivity contribution is 5.50. The maximum Gasteiger partial charge on any atom is 0.200 e. The smallest absolute Gasteiger partial charge is 0.200 e. The third kappa shape index (κ3) is 2.23. The number of hydrogen-bond acceptors (Lipinski definition) is 2. The van der Waals surface area contributed by atoms with Crippen LogP contribution in [0, 0.1) is 40.4 Å². The summed E-state index contributed by atoms with van der Waals surface area (Å²) in [5.41, 5.74) is -1.03. The van der Waals surface area contributed by atoms with Gasteiger partial charge in [0.05, 0.1) is 12.5 Å². The van der Waals surface area contributed by atoms with Gasteiger partial charge in [0.25, 0.3) is 0 Å². The van der Waals surface area contributed by atoms with Crippen LogP contribution in [-0.4, -0.2) is 13.1 Å². The van der Waals surface area contributed by atoms with Crippen LogP contribution < -0.4 is 4.90 Å². The van der Waals surface area contributed by atoms with Crippen molar-refractivity contribution in [3.8, 4) is 6.07 Å². The number of nitriles is 1. The Morgan fingerprint density at radius 2 is 1.39 bits per heavy atom. The molecule has 0 N–H and O–H groups in total. The molecule has 0 heterocycles. The zero-order valence-electron chi connectivity index (χ0n) is 9.57. The van der Waals surface area contributed by atoms with Gasteiger partial charge in [-0.15, -0.1) is 0 Å². The maximum absolute atomic E-state index is 13.4. The van der Waals surface area contributed by atoms with Crippen LogP contribution in [0.15, 0.2) is 0 Å². The Hall–Kier alpha value is -1.84. The van der Waals surface area contributed by atoms with E-state index in [9.17, 15) is 22.0 Å². The molecule has 1 rings (SSSR count). The van der Waals surface area contributed by atoms with E-state index in [2.05, 4.69) is 0 Å². The molecular formula is C11H9F5N2. The number of benzene rings is 1. The molecule has 0 saturated carbocycles.